The van der Waals surface area contributed by atoms with E-state index in [1.165, 1.54) is 11.8 Å². The zero-order valence-electron chi connectivity index (χ0n) is 13.9. The predicted molar refractivity (Wildman–Crippen MR) is 87.9 cm³/mol. The molecule has 0 aliphatic carbocycles. The van der Waals surface area contributed by atoms with Gasteiger partial charge in [-0.3, -0.25) is 0 Å². The van der Waals surface area contributed by atoms with Crippen LogP contribution in [0.4, 0.5) is 0 Å². The van der Waals surface area contributed by atoms with Crippen molar-refractivity contribution in [3.05, 3.63) is 53.2 Å². The lowest BCUT2D eigenvalue weighted by Gasteiger charge is -2.11. The average Bonchev–Trinajstić information content (AvgIpc) is 3.21. The molecule has 1 unspecified atom stereocenters. The summed E-state index contributed by atoms with van der Waals surface area (Å²) in [6.07, 6.45) is 0.975. The van der Waals surface area contributed by atoms with Crippen molar-refractivity contribution in [2.75, 3.05) is 0 Å². The van der Waals surface area contributed by atoms with Crippen molar-refractivity contribution in [2.45, 2.75) is 37.7 Å². The Balaban J connectivity index is 1.69. The Labute approximate surface area is 148 Å². The van der Waals surface area contributed by atoms with Crippen molar-refractivity contribution < 1.29 is 18.5 Å². The van der Waals surface area contributed by atoms with Gasteiger partial charge in [0, 0.05) is 24.9 Å². The van der Waals surface area contributed by atoms with Gasteiger partial charge < -0.3 is 13.7 Å². The molecule has 0 radical (unpaired) electrons. The zero-order chi connectivity index (χ0) is 17.8. The van der Waals surface area contributed by atoms with Crippen LogP contribution in [-0.4, -0.2) is 26.3 Å². The molecule has 3 aromatic heterocycles. The van der Waals surface area contributed by atoms with Crippen LogP contribution in [0.25, 0.3) is 0 Å². The smallest absolute Gasteiger partial charge is 0.341 e. The number of aromatic nitrogens is 4. The molecule has 0 fully saturated rings. The van der Waals surface area contributed by atoms with Gasteiger partial charge in [-0.15, -0.1) is 10.2 Å². The molecule has 3 heterocycles. The standard InChI is InChI=1S/C16H16N4O4S/c1-9-7-12(20-24-9)8-25-15-13(5-4-6-17-15)16(21)22-10(2)14-19-18-11(3)23-14/h4-7,10H,8H2,1-3H3. The van der Waals surface area contributed by atoms with Gasteiger partial charge in [-0.25, -0.2) is 9.78 Å². The molecule has 0 saturated carbocycles. The maximum Gasteiger partial charge on any atom is 0.341 e. The highest BCUT2D eigenvalue weighted by Crippen LogP contribution is 2.26. The first kappa shape index (κ1) is 17.2. The van der Waals surface area contributed by atoms with Crippen LogP contribution in [0.2, 0.25) is 0 Å². The third-order valence-corrected chi connectivity index (χ3v) is 4.24. The molecule has 8 nitrogen and oxygen atoms in total. The number of esters is 1. The highest BCUT2D eigenvalue weighted by molar-refractivity contribution is 7.98. The third kappa shape index (κ3) is 4.24. The minimum atomic E-state index is -0.648. The monoisotopic (exact) mass is 360 g/mol. The molecule has 9 heteroatoms. The van der Waals surface area contributed by atoms with Gasteiger partial charge >= 0.3 is 5.97 Å². The fourth-order valence-corrected chi connectivity index (χ4v) is 2.90. The zero-order valence-corrected chi connectivity index (χ0v) is 14.7. The first-order valence-corrected chi connectivity index (χ1v) is 8.52. The number of hydrogen-bond acceptors (Lipinski definition) is 9. The van der Waals surface area contributed by atoms with Gasteiger partial charge in [-0.1, -0.05) is 16.9 Å². The van der Waals surface area contributed by atoms with E-state index in [-0.39, 0.29) is 5.89 Å². The van der Waals surface area contributed by atoms with Gasteiger partial charge in [0.2, 0.25) is 5.89 Å². The number of ether oxygens (including phenoxy) is 1. The van der Waals surface area contributed by atoms with Crippen LogP contribution in [0.1, 0.15) is 46.6 Å². The second-order valence-corrected chi connectivity index (χ2v) is 6.24. The van der Waals surface area contributed by atoms with E-state index in [0.717, 1.165) is 11.5 Å². The molecule has 3 rings (SSSR count). The largest absolute Gasteiger partial charge is 0.449 e. The van der Waals surface area contributed by atoms with Crippen LogP contribution in [0.5, 0.6) is 0 Å². The second kappa shape index (κ2) is 7.47. The lowest BCUT2D eigenvalue weighted by molar-refractivity contribution is 0.0272. The van der Waals surface area contributed by atoms with E-state index in [1.807, 2.05) is 13.0 Å². The fourth-order valence-electron chi connectivity index (χ4n) is 2.04. The minimum absolute atomic E-state index is 0.252. The normalized spacial score (nSPS) is 12.1. The summed E-state index contributed by atoms with van der Waals surface area (Å²) >= 11 is 1.38. The summed E-state index contributed by atoms with van der Waals surface area (Å²) in [6, 6.07) is 5.19. The lowest BCUT2D eigenvalue weighted by atomic mass is 10.3. The molecule has 0 spiro atoms. The predicted octanol–water partition coefficient (Wildman–Crippen LogP) is 3.28. The van der Waals surface area contributed by atoms with Gasteiger partial charge in [0.25, 0.3) is 5.89 Å². The summed E-state index contributed by atoms with van der Waals surface area (Å²) in [5.74, 6) is 1.43. The Kier molecular flexibility index (Phi) is 5.13. The van der Waals surface area contributed by atoms with Gasteiger partial charge in [0.05, 0.1) is 11.3 Å². The molecule has 0 aliphatic rings. The molecule has 1 atom stereocenters. The SMILES string of the molecule is Cc1cc(CSc2ncccc2C(=O)OC(C)c2nnc(C)o2)no1. The molecule has 3 aromatic rings. The molecule has 0 saturated heterocycles. The molecule has 0 N–H and O–H groups in total. The van der Waals surface area contributed by atoms with Crippen LogP contribution in [0.3, 0.4) is 0 Å². The maximum atomic E-state index is 12.5. The topological polar surface area (TPSA) is 104 Å². The molecule has 0 aromatic carbocycles. The van der Waals surface area contributed by atoms with Gasteiger partial charge in [-0.05, 0) is 26.0 Å². The number of pyridine rings is 1. The summed E-state index contributed by atoms with van der Waals surface area (Å²) in [4.78, 5) is 16.7. The van der Waals surface area contributed by atoms with E-state index in [0.29, 0.717) is 22.2 Å². The molecule has 0 bridgehead atoms. The van der Waals surface area contributed by atoms with Crippen molar-refractivity contribution in [3.8, 4) is 0 Å². The number of aryl methyl sites for hydroxylation is 2. The quantitative estimate of drug-likeness (QED) is 0.483. The third-order valence-electron chi connectivity index (χ3n) is 3.20. The van der Waals surface area contributed by atoms with Crippen LogP contribution in [-0.2, 0) is 10.5 Å². The summed E-state index contributed by atoms with van der Waals surface area (Å²) in [7, 11) is 0. The number of carbonyl (C=O) groups is 1. The van der Waals surface area contributed by atoms with Crippen LogP contribution < -0.4 is 0 Å². The lowest BCUT2D eigenvalue weighted by Crippen LogP contribution is -2.11. The molecule has 0 amide bonds. The number of nitrogens with zero attached hydrogens (tertiary/aromatic N) is 4. The van der Waals surface area contributed by atoms with E-state index in [9.17, 15) is 4.79 Å². The number of hydrogen-bond donors (Lipinski definition) is 0. The van der Waals surface area contributed by atoms with Gasteiger partial charge in [-0.2, -0.15) is 0 Å². The Bertz CT molecular complexity index is 876. The fraction of sp³-hybridized carbons (Fsp3) is 0.312. The molecular formula is C16H16N4O4S. The van der Waals surface area contributed by atoms with Crippen LogP contribution in [0, 0.1) is 13.8 Å². The highest BCUT2D eigenvalue weighted by atomic mass is 32.2. The van der Waals surface area contributed by atoms with Crippen LogP contribution >= 0.6 is 11.8 Å². The Hall–Kier alpha value is -2.68. The van der Waals surface area contributed by atoms with Gasteiger partial charge in [0.1, 0.15) is 10.8 Å². The van der Waals surface area contributed by atoms with E-state index < -0.39 is 12.1 Å². The summed E-state index contributed by atoms with van der Waals surface area (Å²) in [5, 5.41) is 12.1. The molecule has 0 aliphatic heterocycles. The Morgan fingerprint density at radius 2 is 2.20 bits per heavy atom. The summed E-state index contributed by atoms with van der Waals surface area (Å²) < 4.78 is 15.7. The first-order valence-electron chi connectivity index (χ1n) is 7.54. The Morgan fingerprint density at radius 3 is 2.88 bits per heavy atom. The van der Waals surface area contributed by atoms with Crippen molar-refractivity contribution >= 4 is 17.7 Å². The number of thioether (sulfide) groups is 1. The van der Waals surface area contributed by atoms with Gasteiger partial charge in [0.15, 0.2) is 6.10 Å². The van der Waals surface area contributed by atoms with E-state index in [1.54, 1.807) is 32.2 Å². The van der Waals surface area contributed by atoms with E-state index in [4.69, 9.17) is 13.7 Å². The first-order chi connectivity index (χ1) is 12.0. The minimum Gasteiger partial charge on any atom is -0.449 e. The van der Waals surface area contributed by atoms with Crippen LogP contribution in [0.15, 0.2) is 38.4 Å². The second-order valence-electron chi connectivity index (χ2n) is 5.28. The van der Waals surface area contributed by atoms with Crippen molar-refractivity contribution in [1.29, 1.82) is 0 Å². The molecular weight excluding hydrogens is 344 g/mol. The summed E-state index contributed by atoms with van der Waals surface area (Å²) in [6.45, 7) is 5.17. The van der Waals surface area contributed by atoms with Crippen molar-refractivity contribution in [2.24, 2.45) is 0 Å². The number of carbonyl (C=O) groups excluding carboxylic acids is 1. The highest BCUT2D eigenvalue weighted by Gasteiger charge is 2.21. The van der Waals surface area contributed by atoms with Crippen molar-refractivity contribution in [1.82, 2.24) is 20.3 Å². The van der Waals surface area contributed by atoms with Crippen molar-refractivity contribution in [3.63, 3.8) is 0 Å². The van der Waals surface area contributed by atoms with E-state index >= 15 is 0 Å². The maximum absolute atomic E-state index is 12.5. The number of rotatable bonds is 6. The molecule has 130 valence electrons. The molecule has 25 heavy (non-hydrogen) atoms. The Morgan fingerprint density at radius 1 is 1.36 bits per heavy atom. The van der Waals surface area contributed by atoms with E-state index in [2.05, 4.69) is 20.3 Å². The summed E-state index contributed by atoms with van der Waals surface area (Å²) in [5.41, 5.74) is 1.15. The average molecular weight is 360 g/mol.